The lowest BCUT2D eigenvalue weighted by atomic mass is 10.1. The molecule has 1 atom stereocenters. The van der Waals surface area contributed by atoms with Crippen LogP contribution in [0.2, 0.25) is 0 Å². The highest BCUT2D eigenvalue weighted by Crippen LogP contribution is 2.29. The lowest BCUT2D eigenvalue weighted by Gasteiger charge is -2.16. The van der Waals surface area contributed by atoms with Gasteiger partial charge in [-0.3, -0.25) is 14.4 Å². The van der Waals surface area contributed by atoms with Gasteiger partial charge in [-0.25, -0.2) is 4.79 Å². The lowest BCUT2D eigenvalue weighted by molar-refractivity contribution is -0.116. The molecule has 0 spiro atoms. The maximum Gasteiger partial charge on any atom is 0.339 e. The van der Waals surface area contributed by atoms with Crippen LogP contribution < -0.4 is 20.9 Å². The summed E-state index contributed by atoms with van der Waals surface area (Å²) >= 11 is 1.28. The molecule has 0 fully saturated rings. The van der Waals surface area contributed by atoms with Crippen LogP contribution in [0.1, 0.15) is 39.6 Å². The van der Waals surface area contributed by atoms with Gasteiger partial charge >= 0.3 is 5.97 Å². The first-order valence-electron chi connectivity index (χ1n) is 14.3. The van der Waals surface area contributed by atoms with Crippen molar-refractivity contribution in [2.75, 3.05) is 29.6 Å². The quantitative estimate of drug-likeness (QED) is 0.0713. The molecule has 4 aromatic carbocycles. The maximum absolute atomic E-state index is 13.5. The fraction of sp³-hybridized carbons (Fsp3) is 0.143. The van der Waals surface area contributed by atoms with E-state index in [1.54, 1.807) is 60.7 Å². The number of thioether (sulfide) groups is 1. The zero-order chi connectivity index (χ0) is 33.2. The van der Waals surface area contributed by atoms with Gasteiger partial charge in [0.1, 0.15) is 17.0 Å². The fourth-order valence-corrected chi connectivity index (χ4v) is 5.33. The van der Waals surface area contributed by atoms with E-state index in [4.69, 9.17) is 0 Å². The molecule has 5 N–H and O–H groups in total. The zero-order valence-corrected chi connectivity index (χ0v) is 26.3. The lowest BCUT2D eigenvalue weighted by Crippen LogP contribution is -2.30. The second-order valence-electron chi connectivity index (χ2n) is 10.4. The van der Waals surface area contributed by atoms with E-state index in [9.17, 15) is 29.4 Å². The summed E-state index contributed by atoms with van der Waals surface area (Å²) in [5.41, 5.74) is 2.53. The number of carboxylic acids is 1. The molecular formula is C35H34N4O6S. The number of carbonyl (C=O) groups is 4. The van der Waals surface area contributed by atoms with E-state index in [0.717, 1.165) is 5.69 Å². The first kappa shape index (κ1) is 33.3. The average molecular weight is 639 g/mol. The highest BCUT2D eigenvalue weighted by atomic mass is 32.2. The monoisotopic (exact) mass is 638 g/mol. The minimum Gasteiger partial charge on any atom is -0.507 e. The van der Waals surface area contributed by atoms with Crippen LogP contribution in [0, 0.1) is 0 Å². The molecule has 0 saturated carbocycles. The number of phenols is 1. The molecule has 3 amide bonds. The van der Waals surface area contributed by atoms with Crippen molar-refractivity contribution in [2.24, 2.45) is 0 Å². The first-order valence-corrected chi connectivity index (χ1v) is 15.2. The van der Waals surface area contributed by atoms with Gasteiger partial charge in [0.15, 0.2) is 0 Å². The number of hydrogen-bond acceptors (Lipinski definition) is 7. The Hall–Kier alpha value is -5.55. The molecule has 0 aliphatic rings. The first-order chi connectivity index (χ1) is 22.0. The summed E-state index contributed by atoms with van der Waals surface area (Å²) in [4.78, 5) is 53.6. The van der Waals surface area contributed by atoms with Crippen LogP contribution in [-0.2, 0) is 9.59 Å². The predicted molar refractivity (Wildman–Crippen MR) is 181 cm³/mol. The Bertz CT molecular complexity index is 1760. The summed E-state index contributed by atoms with van der Waals surface area (Å²) in [6.45, 7) is 1.85. The van der Waals surface area contributed by atoms with E-state index in [1.807, 2.05) is 50.2 Å². The van der Waals surface area contributed by atoms with Crippen molar-refractivity contribution in [3.8, 4) is 5.75 Å². The molecule has 0 radical (unpaired) electrons. The van der Waals surface area contributed by atoms with E-state index >= 15 is 0 Å². The molecule has 10 nitrogen and oxygen atoms in total. The molecule has 236 valence electrons. The Morgan fingerprint density at radius 2 is 1.54 bits per heavy atom. The van der Waals surface area contributed by atoms with Gasteiger partial charge in [-0.2, -0.15) is 0 Å². The molecule has 0 aliphatic heterocycles. The van der Waals surface area contributed by atoms with Crippen molar-refractivity contribution < 1.29 is 29.4 Å². The molecule has 0 aromatic heterocycles. The van der Waals surface area contributed by atoms with Crippen LogP contribution in [0.5, 0.6) is 5.75 Å². The highest BCUT2D eigenvalue weighted by molar-refractivity contribution is 8.00. The Morgan fingerprint density at radius 3 is 2.20 bits per heavy atom. The van der Waals surface area contributed by atoms with Crippen molar-refractivity contribution in [1.82, 2.24) is 5.32 Å². The minimum absolute atomic E-state index is 0.0463. The highest BCUT2D eigenvalue weighted by Gasteiger charge is 2.20. The normalized spacial score (nSPS) is 11.7. The number of carboxylic acid groups (broad SMARTS) is 1. The van der Waals surface area contributed by atoms with Crippen molar-refractivity contribution in [3.05, 3.63) is 119 Å². The van der Waals surface area contributed by atoms with E-state index in [2.05, 4.69) is 16.0 Å². The fourth-order valence-electron chi connectivity index (χ4n) is 4.32. The van der Waals surface area contributed by atoms with Gasteiger partial charge in [-0.1, -0.05) is 43.3 Å². The van der Waals surface area contributed by atoms with Gasteiger partial charge < -0.3 is 31.1 Å². The average Bonchev–Trinajstić information content (AvgIpc) is 3.04. The number of rotatable bonds is 12. The van der Waals surface area contributed by atoms with Crippen molar-refractivity contribution in [2.45, 2.75) is 23.5 Å². The number of aromatic carboxylic acids is 1. The Morgan fingerprint density at radius 1 is 0.848 bits per heavy atom. The molecule has 0 bridgehead atoms. The van der Waals surface area contributed by atoms with Gasteiger partial charge in [0.05, 0.1) is 5.25 Å². The van der Waals surface area contributed by atoms with E-state index in [0.29, 0.717) is 28.1 Å². The number of nitrogens with one attached hydrogen (secondary N) is 3. The second kappa shape index (κ2) is 15.4. The number of carbonyl (C=O) groups excluding carboxylic acids is 3. The van der Waals surface area contributed by atoms with Crippen LogP contribution in [0.4, 0.5) is 17.1 Å². The third-order valence-corrected chi connectivity index (χ3v) is 8.14. The summed E-state index contributed by atoms with van der Waals surface area (Å²) in [5.74, 6) is -3.02. The molecular weight excluding hydrogens is 604 g/mol. The predicted octanol–water partition coefficient (Wildman–Crippen LogP) is 6.08. The molecule has 4 aromatic rings. The molecule has 0 heterocycles. The van der Waals surface area contributed by atoms with E-state index in [1.165, 1.54) is 30.0 Å². The summed E-state index contributed by atoms with van der Waals surface area (Å²) < 4.78 is 0. The summed E-state index contributed by atoms with van der Waals surface area (Å²) in [5, 5.41) is 26.8. The number of nitrogens with zero attached hydrogens (tertiary/aromatic N) is 1. The Kier molecular flexibility index (Phi) is 11.2. The molecule has 11 heteroatoms. The smallest absolute Gasteiger partial charge is 0.339 e. The van der Waals surface area contributed by atoms with Gasteiger partial charge in [0.2, 0.25) is 5.91 Å². The van der Waals surface area contributed by atoms with Crippen LogP contribution in [0.25, 0.3) is 6.08 Å². The van der Waals surface area contributed by atoms with Crippen LogP contribution in [0.3, 0.4) is 0 Å². The summed E-state index contributed by atoms with van der Waals surface area (Å²) in [7, 11) is 3.86. The Labute approximate surface area is 271 Å². The van der Waals surface area contributed by atoms with E-state index in [-0.39, 0.29) is 22.9 Å². The van der Waals surface area contributed by atoms with Gasteiger partial charge in [-0.05, 0) is 78.7 Å². The van der Waals surface area contributed by atoms with Crippen LogP contribution >= 0.6 is 11.8 Å². The van der Waals surface area contributed by atoms with Crippen molar-refractivity contribution >= 4 is 58.6 Å². The van der Waals surface area contributed by atoms with Gasteiger partial charge in [0.25, 0.3) is 11.8 Å². The molecule has 0 saturated heterocycles. The van der Waals surface area contributed by atoms with Gasteiger partial charge in [-0.15, -0.1) is 11.8 Å². The number of amides is 3. The molecule has 1 unspecified atom stereocenters. The largest absolute Gasteiger partial charge is 0.507 e. The van der Waals surface area contributed by atoms with Crippen LogP contribution in [-0.4, -0.2) is 53.2 Å². The number of aromatic hydroxyl groups is 1. The van der Waals surface area contributed by atoms with Crippen molar-refractivity contribution in [3.63, 3.8) is 0 Å². The van der Waals surface area contributed by atoms with Gasteiger partial charge in [0, 0.05) is 41.6 Å². The number of benzene rings is 4. The summed E-state index contributed by atoms with van der Waals surface area (Å²) in [6, 6.07) is 26.9. The topological polar surface area (TPSA) is 148 Å². The second-order valence-corrected chi connectivity index (χ2v) is 11.7. The van der Waals surface area contributed by atoms with Crippen molar-refractivity contribution in [1.29, 1.82) is 0 Å². The Balaban J connectivity index is 1.51. The molecule has 0 aliphatic carbocycles. The molecule has 4 rings (SSSR count). The van der Waals surface area contributed by atoms with Crippen LogP contribution in [0.15, 0.2) is 108 Å². The third-order valence-electron chi connectivity index (χ3n) is 6.78. The number of anilines is 3. The van der Waals surface area contributed by atoms with E-state index < -0.39 is 28.8 Å². The summed E-state index contributed by atoms with van der Waals surface area (Å²) in [6.07, 6.45) is 2.06. The minimum atomic E-state index is -1.31. The standard InChI is InChI=1S/C35H34N4O6S/c1-4-31(34(43)37-25-15-18-30(40)28(21-25)35(44)45)46-27-12-8-11-24(20-27)36-33(42)29(38-32(41)23-9-6-5-7-10-23)19-22-13-16-26(17-14-22)39(2)3/h5-21,31,40H,4H2,1-3H3,(H,36,42)(H,37,43)(H,38,41)(H,44,45)/b29-19+. The SMILES string of the molecule is CCC(Sc1cccc(NC(=O)/C(=C\c2ccc(N(C)C)cc2)NC(=O)c2ccccc2)c1)C(=O)Nc1ccc(O)c(C(=O)O)c1. The molecule has 46 heavy (non-hydrogen) atoms. The zero-order valence-electron chi connectivity index (χ0n) is 25.5. The number of hydrogen-bond donors (Lipinski definition) is 5. The third kappa shape index (κ3) is 8.99. The maximum atomic E-state index is 13.5.